The molecular weight excluding hydrogens is 429 g/mol. The number of rotatable bonds is 10. The zero-order valence-corrected chi connectivity index (χ0v) is 19.5. The van der Waals surface area contributed by atoms with Gasteiger partial charge in [-0.3, -0.25) is 0 Å². The van der Waals surface area contributed by atoms with Crippen molar-refractivity contribution in [1.29, 1.82) is 0 Å². The molecule has 0 radical (unpaired) electrons. The molecule has 0 bridgehead atoms. The molecule has 5 rings (SSSR count). The largest absolute Gasteiger partial charge is 0.486 e. The molecule has 2 heterocycles. The van der Waals surface area contributed by atoms with Crippen LogP contribution in [-0.4, -0.2) is 26.3 Å². The van der Waals surface area contributed by atoms with Crippen molar-refractivity contribution in [2.24, 2.45) is 0 Å². The number of ether oxygens (including phenoxy) is 3. The topological polar surface area (TPSA) is 39.7 Å². The molecule has 178 valence electrons. The Morgan fingerprint density at radius 2 is 1.65 bits per heavy atom. The molecule has 2 aliphatic rings. The van der Waals surface area contributed by atoms with E-state index in [4.69, 9.17) is 14.2 Å². The summed E-state index contributed by atoms with van der Waals surface area (Å²) < 4.78 is 31.5. The molecule has 0 aliphatic carbocycles. The molecule has 3 aromatic carbocycles. The number of benzene rings is 3. The summed E-state index contributed by atoms with van der Waals surface area (Å²) >= 11 is 0. The molecule has 0 aromatic heterocycles. The van der Waals surface area contributed by atoms with Gasteiger partial charge in [-0.25, -0.2) is 4.39 Å². The minimum Gasteiger partial charge on any atom is -0.486 e. The van der Waals surface area contributed by atoms with Gasteiger partial charge in [-0.05, 0) is 85.6 Å². The molecule has 0 saturated heterocycles. The van der Waals surface area contributed by atoms with Crippen molar-refractivity contribution in [3.05, 3.63) is 94.8 Å². The van der Waals surface area contributed by atoms with Gasteiger partial charge in [0.2, 0.25) is 0 Å². The Morgan fingerprint density at radius 3 is 2.56 bits per heavy atom. The Balaban J connectivity index is 1.11. The van der Waals surface area contributed by atoms with Gasteiger partial charge in [0.1, 0.15) is 24.6 Å². The fourth-order valence-corrected chi connectivity index (χ4v) is 5.11. The third-order valence-corrected chi connectivity index (χ3v) is 6.82. The first-order valence-corrected chi connectivity index (χ1v) is 12.3. The van der Waals surface area contributed by atoms with Gasteiger partial charge in [-0.1, -0.05) is 48.5 Å². The lowest BCUT2D eigenvalue weighted by molar-refractivity contribution is -0.0133. The monoisotopic (exact) mass is 461 g/mol. The lowest BCUT2D eigenvalue weighted by Crippen LogP contribution is -2.27. The van der Waals surface area contributed by atoms with Crippen LogP contribution in [0.5, 0.6) is 11.5 Å². The maximum absolute atomic E-state index is 13.6. The van der Waals surface area contributed by atoms with Gasteiger partial charge < -0.3 is 19.5 Å². The SMILES string of the molecule is Fc1ccc(C2(CCCCNCCCc3cccc4c3OCCO4)OCc3ccccc32)cc1. The van der Waals surface area contributed by atoms with Crippen LogP contribution in [0.2, 0.25) is 0 Å². The molecule has 0 fully saturated rings. The molecule has 1 N–H and O–H groups in total. The van der Waals surface area contributed by atoms with Crippen molar-refractivity contribution in [3.8, 4) is 11.5 Å². The van der Waals surface area contributed by atoms with Gasteiger partial charge in [-0.15, -0.1) is 0 Å². The van der Waals surface area contributed by atoms with Crippen LogP contribution in [0.1, 0.15) is 47.9 Å². The summed E-state index contributed by atoms with van der Waals surface area (Å²) in [5.41, 5.74) is 4.20. The molecule has 0 amide bonds. The minimum absolute atomic E-state index is 0.218. The Labute approximate surface area is 201 Å². The summed E-state index contributed by atoms with van der Waals surface area (Å²) in [6.07, 6.45) is 4.99. The van der Waals surface area contributed by atoms with Gasteiger partial charge in [-0.2, -0.15) is 0 Å². The first-order valence-electron chi connectivity index (χ1n) is 12.3. The van der Waals surface area contributed by atoms with E-state index < -0.39 is 5.60 Å². The van der Waals surface area contributed by atoms with Gasteiger partial charge in [0.15, 0.2) is 11.5 Å². The second-order valence-corrected chi connectivity index (χ2v) is 9.03. The van der Waals surface area contributed by atoms with Gasteiger partial charge in [0, 0.05) is 0 Å². The van der Waals surface area contributed by atoms with Crippen LogP contribution in [0.3, 0.4) is 0 Å². The number of aryl methyl sites for hydroxylation is 1. The van der Waals surface area contributed by atoms with Crippen molar-refractivity contribution >= 4 is 0 Å². The predicted molar refractivity (Wildman–Crippen MR) is 131 cm³/mol. The van der Waals surface area contributed by atoms with Gasteiger partial charge in [0.25, 0.3) is 0 Å². The highest BCUT2D eigenvalue weighted by atomic mass is 19.1. The van der Waals surface area contributed by atoms with Crippen LogP contribution in [0.4, 0.5) is 4.39 Å². The zero-order chi connectivity index (χ0) is 23.2. The summed E-state index contributed by atoms with van der Waals surface area (Å²) in [4.78, 5) is 0. The van der Waals surface area contributed by atoms with E-state index in [1.165, 1.54) is 28.8 Å². The summed E-state index contributed by atoms with van der Waals surface area (Å²) in [5.74, 6) is 1.56. The predicted octanol–water partition coefficient (Wildman–Crippen LogP) is 5.76. The van der Waals surface area contributed by atoms with Crippen molar-refractivity contribution in [1.82, 2.24) is 5.32 Å². The van der Waals surface area contributed by atoms with E-state index in [9.17, 15) is 4.39 Å². The third-order valence-electron chi connectivity index (χ3n) is 6.82. The van der Waals surface area contributed by atoms with Crippen LogP contribution < -0.4 is 14.8 Å². The standard InChI is InChI=1S/C29H32FNO3/c30-25-14-12-24(13-15-25)29(26-10-2-1-7-23(26)21-34-29)16-3-4-17-31-18-6-9-22-8-5-11-27-28(22)33-20-19-32-27/h1-2,5,7-8,10-15,31H,3-4,6,9,16-21H2. The Bertz CT molecular complexity index is 1100. The average molecular weight is 462 g/mol. The van der Waals surface area contributed by atoms with Crippen LogP contribution in [-0.2, 0) is 23.4 Å². The van der Waals surface area contributed by atoms with E-state index in [1.807, 2.05) is 24.3 Å². The molecule has 3 aromatic rings. The van der Waals surface area contributed by atoms with E-state index in [2.05, 4.69) is 35.6 Å². The molecule has 34 heavy (non-hydrogen) atoms. The molecule has 4 nitrogen and oxygen atoms in total. The number of para-hydroxylation sites is 1. The average Bonchev–Trinajstić information content (AvgIpc) is 3.26. The smallest absolute Gasteiger partial charge is 0.164 e. The molecule has 0 spiro atoms. The minimum atomic E-state index is -0.487. The molecule has 0 saturated carbocycles. The van der Waals surface area contributed by atoms with Crippen LogP contribution >= 0.6 is 0 Å². The molecule has 2 aliphatic heterocycles. The Hall–Kier alpha value is -2.89. The number of hydrogen-bond acceptors (Lipinski definition) is 4. The molecule has 1 atom stereocenters. The van der Waals surface area contributed by atoms with Crippen LogP contribution in [0, 0.1) is 5.82 Å². The van der Waals surface area contributed by atoms with Crippen LogP contribution in [0.15, 0.2) is 66.7 Å². The lowest BCUT2D eigenvalue weighted by Gasteiger charge is -2.30. The summed E-state index contributed by atoms with van der Waals surface area (Å²) in [6, 6.07) is 21.3. The van der Waals surface area contributed by atoms with Gasteiger partial charge >= 0.3 is 0 Å². The zero-order valence-electron chi connectivity index (χ0n) is 19.5. The second-order valence-electron chi connectivity index (χ2n) is 9.03. The summed E-state index contributed by atoms with van der Waals surface area (Å²) in [5, 5.41) is 3.58. The van der Waals surface area contributed by atoms with Crippen LogP contribution in [0.25, 0.3) is 0 Å². The van der Waals surface area contributed by atoms with Crippen molar-refractivity contribution in [2.45, 2.75) is 44.3 Å². The highest BCUT2D eigenvalue weighted by molar-refractivity contribution is 5.47. The van der Waals surface area contributed by atoms with Crippen molar-refractivity contribution < 1.29 is 18.6 Å². The number of unbranched alkanes of at least 4 members (excludes halogenated alkanes) is 1. The fraction of sp³-hybridized carbons (Fsp3) is 0.379. The highest BCUT2D eigenvalue weighted by Crippen LogP contribution is 2.45. The normalized spacial score (nSPS) is 18.6. The first-order chi connectivity index (χ1) is 16.8. The maximum atomic E-state index is 13.6. The van der Waals surface area contributed by atoms with Crippen molar-refractivity contribution in [2.75, 3.05) is 26.3 Å². The molecule has 1 unspecified atom stereocenters. The molecule has 5 heteroatoms. The van der Waals surface area contributed by atoms with Gasteiger partial charge in [0.05, 0.1) is 6.61 Å². The quantitative estimate of drug-likeness (QED) is 0.390. The Kier molecular flexibility index (Phi) is 7.12. The van der Waals surface area contributed by atoms with E-state index >= 15 is 0 Å². The molecular formula is C29H32FNO3. The number of halogens is 1. The lowest BCUT2D eigenvalue weighted by atomic mass is 9.81. The van der Waals surface area contributed by atoms with E-state index in [1.54, 1.807) is 0 Å². The maximum Gasteiger partial charge on any atom is 0.164 e. The second kappa shape index (κ2) is 10.6. The number of hydrogen-bond donors (Lipinski definition) is 1. The highest BCUT2D eigenvalue weighted by Gasteiger charge is 2.40. The third kappa shape index (κ3) is 4.82. The van der Waals surface area contributed by atoms with E-state index in [0.29, 0.717) is 19.8 Å². The van der Waals surface area contributed by atoms with Crippen molar-refractivity contribution in [3.63, 3.8) is 0 Å². The Morgan fingerprint density at radius 1 is 0.824 bits per heavy atom. The summed E-state index contributed by atoms with van der Waals surface area (Å²) in [6.45, 7) is 3.78. The van der Waals surface area contributed by atoms with E-state index in [0.717, 1.165) is 62.3 Å². The first kappa shape index (κ1) is 22.9. The summed E-state index contributed by atoms with van der Waals surface area (Å²) in [7, 11) is 0. The number of fused-ring (bicyclic) bond motifs is 2. The number of nitrogens with one attached hydrogen (secondary N) is 1. The fourth-order valence-electron chi connectivity index (χ4n) is 5.11. The van der Waals surface area contributed by atoms with E-state index in [-0.39, 0.29) is 5.82 Å².